The lowest BCUT2D eigenvalue weighted by atomic mass is 9.99. The van der Waals surface area contributed by atoms with Gasteiger partial charge in [-0.3, -0.25) is 0 Å². The van der Waals surface area contributed by atoms with Gasteiger partial charge in [-0.2, -0.15) is 10.5 Å². The minimum absolute atomic E-state index is 0.225. The average Bonchev–Trinajstić information content (AvgIpc) is 2.16. The predicted octanol–water partition coefficient (Wildman–Crippen LogP) is 3.35. The first kappa shape index (κ1) is 10.9. The maximum atomic E-state index is 8.87. The van der Waals surface area contributed by atoms with Crippen LogP contribution in [0.4, 0.5) is 0 Å². The van der Waals surface area contributed by atoms with Crippen LogP contribution in [0, 0.1) is 36.5 Å². The molecule has 0 N–H and O–H groups in total. The van der Waals surface area contributed by atoms with Crippen LogP contribution in [0.1, 0.15) is 22.3 Å². The Bertz CT molecular complexity index is 437. The molecule has 0 aliphatic heterocycles. The van der Waals surface area contributed by atoms with Crippen LogP contribution >= 0.6 is 23.2 Å². The van der Waals surface area contributed by atoms with E-state index < -0.39 is 0 Å². The van der Waals surface area contributed by atoms with Gasteiger partial charge in [0.1, 0.15) is 6.07 Å². The largest absolute Gasteiger partial charge is 0.192 e. The zero-order valence-electron chi connectivity index (χ0n) is 7.65. The van der Waals surface area contributed by atoms with E-state index >= 15 is 0 Å². The number of nitriles is 2. The summed E-state index contributed by atoms with van der Waals surface area (Å²) in [6, 6.07) is 3.95. The van der Waals surface area contributed by atoms with Crippen molar-refractivity contribution < 1.29 is 0 Å². The van der Waals surface area contributed by atoms with Gasteiger partial charge in [-0.25, -0.2) is 0 Å². The molecule has 2 nitrogen and oxygen atoms in total. The van der Waals surface area contributed by atoms with Crippen LogP contribution < -0.4 is 0 Å². The summed E-state index contributed by atoms with van der Waals surface area (Å²) in [6.07, 6.45) is 0. The maximum absolute atomic E-state index is 8.87. The Labute approximate surface area is 92.3 Å². The van der Waals surface area contributed by atoms with Crippen LogP contribution in [0.3, 0.4) is 0 Å². The van der Waals surface area contributed by atoms with E-state index in [2.05, 4.69) is 0 Å². The second-order valence-corrected chi connectivity index (χ2v) is 3.61. The Kier molecular flexibility index (Phi) is 3.01. The summed E-state index contributed by atoms with van der Waals surface area (Å²) in [4.78, 5) is 0. The van der Waals surface area contributed by atoms with Gasteiger partial charge in [-0.1, -0.05) is 23.2 Å². The fourth-order valence-corrected chi connectivity index (χ4v) is 1.77. The van der Waals surface area contributed by atoms with E-state index in [-0.39, 0.29) is 15.6 Å². The molecule has 4 heteroatoms. The Morgan fingerprint density at radius 2 is 1.36 bits per heavy atom. The van der Waals surface area contributed by atoms with Gasteiger partial charge in [-0.15, -0.1) is 0 Å². The lowest BCUT2D eigenvalue weighted by Crippen LogP contribution is -1.95. The smallest absolute Gasteiger partial charge is 0.101 e. The Morgan fingerprint density at radius 1 is 0.857 bits per heavy atom. The van der Waals surface area contributed by atoms with E-state index in [0.717, 1.165) is 0 Å². The predicted molar refractivity (Wildman–Crippen MR) is 55.4 cm³/mol. The lowest BCUT2D eigenvalue weighted by molar-refractivity contribution is 1.29. The van der Waals surface area contributed by atoms with Crippen molar-refractivity contribution in [1.82, 2.24) is 0 Å². The number of nitrogens with zero attached hydrogens (tertiary/aromatic N) is 2. The molecule has 0 fully saturated rings. The summed E-state index contributed by atoms with van der Waals surface area (Å²) < 4.78 is 0. The van der Waals surface area contributed by atoms with E-state index in [1.807, 2.05) is 12.1 Å². The highest BCUT2D eigenvalue weighted by atomic mass is 35.5. The second kappa shape index (κ2) is 3.88. The molecule has 0 aromatic heterocycles. The Balaban J connectivity index is 3.78. The van der Waals surface area contributed by atoms with Crippen LogP contribution in [0.5, 0.6) is 0 Å². The van der Waals surface area contributed by atoms with Gasteiger partial charge >= 0.3 is 0 Å². The molecule has 0 aliphatic rings. The van der Waals surface area contributed by atoms with Crippen LogP contribution in [0.15, 0.2) is 0 Å². The molecule has 1 aromatic rings. The highest BCUT2D eigenvalue weighted by Gasteiger charge is 2.16. The fraction of sp³-hybridized carbons (Fsp3) is 0.200. The van der Waals surface area contributed by atoms with Crippen molar-refractivity contribution in [3.63, 3.8) is 0 Å². The van der Waals surface area contributed by atoms with E-state index in [4.69, 9.17) is 33.7 Å². The van der Waals surface area contributed by atoms with E-state index in [9.17, 15) is 0 Å². The number of hydrogen-bond donors (Lipinski definition) is 0. The summed E-state index contributed by atoms with van der Waals surface area (Å²) in [5.74, 6) is 0. The van der Waals surface area contributed by atoms with Crippen LogP contribution in [0.25, 0.3) is 0 Å². The van der Waals surface area contributed by atoms with Crippen LogP contribution in [-0.4, -0.2) is 0 Å². The fourth-order valence-electron chi connectivity index (χ4n) is 1.26. The lowest BCUT2D eigenvalue weighted by Gasteiger charge is -2.08. The van der Waals surface area contributed by atoms with Crippen molar-refractivity contribution in [3.8, 4) is 12.1 Å². The van der Waals surface area contributed by atoms with Crippen LogP contribution in [0.2, 0.25) is 10.0 Å². The van der Waals surface area contributed by atoms with Gasteiger partial charge in [0.25, 0.3) is 0 Å². The quantitative estimate of drug-likeness (QED) is 0.679. The molecular weight excluding hydrogens is 219 g/mol. The first-order valence-electron chi connectivity index (χ1n) is 3.83. The van der Waals surface area contributed by atoms with Crippen molar-refractivity contribution in [2.75, 3.05) is 0 Å². The number of rotatable bonds is 0. The monoisotopic (exact) mass is 224 g/mol. The first-order chi connectivity index (χ1) is 6.54. The molecular formula is C10H6Cl2N2. The molecule has 0 unspecified atom stereocenters. The molecule has 0 amide bonds. The molecule has 0 atom stereocenters. The van der Waals surface area contributed by atoms with E-state index in [0.29, 0.717) is 16.7 Å². The highest BCUT2D eigenvalue weighted by molar-refractivity contribution is 6.43. The molecule has 70 valence electrons. The molecule has 0 saturated heterocycles. The molecule has 0 bridgehead atoms. The normalized spacial score (nSPS) is 9.29. The third-order valence-electron chi connectivity index (χ3n) is 2.09. The molecule has 0 saturated carbocycles. The average molecular weight is 225 g/mol. The SMILES string of the molecule is Cc1c(Cl)c(Cl)c(C#N)c(C)c1C#N. The van der Waals surface area contributed by atoms with Crippen molar-refractivity contribution in [2.45, 2.75) is 13.8 Å². The van der Waals surface area contributed by atoms with E-state index in [1.165, 1.54) is 0 Å². The van der Waals surface area contributed by atoms with Gasteiger partial charge in [-0.05, 0) is 25.0 Å². The molecule has 0 radical (unpaired) electrons. The van der Waals surface area contributed by atoms with Crippen molar-refractivity contribution in [1.29, 1.82) is 10.5 Å². The maximum Gasteiger partial charge on any atom is 0.101 e. The number of halogens is 2. The zero-order chi connectivity index (χ0) is 10.9. The van der Waals surface area contributed by atoms with Crippen molar-refractivity contribution in [3.05, 3.63) is 32.3 Å². The highest BCUT2D eigenvalue weighted by Crippen LogP contribution is 2.34. The first-order valence-corrected chi connectivity index (χ1v) is 4.58. The standard InChI is InChI=1S/C10H6Cl2N2/c1-5-7(3-13)6(2)9(11)10(12)8(5)4-14/h1-2H3. The summed E-state index contributed by atoms with van der Waals surface area (Å²) in [7, 11) is 0. The summed E-state index contributed by atoms with van der Waals surface area (Å²) in [5.41, 5.74) is 1.91. The van der Waals surface area contributed by atoms with Gasteiger partial charge in [0.05, 0.1) is 27.2 Å². The molecule has 0 aliphatic carbocycles. The third-order valence-corrected chi connectivity index (χ3v) is 3.04. The number of hydrogen-bond acceptors (Lipinski definition) is 2. The minimum atomic E-state index is 0.225. The summed E-state index contributed by atoms with van der Waals surface area (Å²) in [5, 5.41) is 18.2. The minimum Gasteiger partial charge on any atom is -0.192 e. The van der Waals surface area contributed by atoms with E-state index in [1.54, 1.807) is 13.8 Å². The Morgan fingerprint density at radius 3 is 1.79 bits per heavy atom. The topological polar surface area (TPSA) is 47.6 Å². The third kappa shape index (κ3) is 1.44. The van der Waals surface area contributed by atoms with Crippen LogP contribution in [-0.2, 0) is 0 Å². The van der Waals surface area contributed by atoms with Crippen molar-refractivity contribution in [2.24, 2.45) is 0 Å². The number of benzene rings is 1. The van der Waals surface area contributed by atoms with Gasteiger partial charge < -0.3 is 0 Å². The summed E-state index contributed by atoms with van der Waals surface area (Å²) in [6.45, 7) is 3.40. The van der Waals surface area contributed by atoms with Crippen molar-refractivity contribution >= 4 is 23.2 Å². The van der Waals surface area contributed by atoms with Gasteiger partial charge in [0, 0.05) is 0 Å². The van der Waals surface area contributed by atoms with Gasteiger partial charge in [0.2, 0.25) is 0 Å². The van der Waals surface area contributed by atoms with Gasteiger partial charge in [0.15, 0.2) is 0 Å². The molecule has 0 heterocycles. The molecule has 14 heavy (non-hydrogen) atoms. The summed E-state index contributed by atoms with van der Waals surface area (Å²) >= 11 is 11.8. The zero-order valence-corrected chi connectivity index (χ0v) is 9.16. The Hall–Kier alpha value is -1.22. The molecule has 0 spiro atoms. The molecule has 1 aromatic carbocycles. The molecule has 1 rings (SSSR count). The second-order valence-electron chi connectivity index (χ2n) is 2.85.